The Kier molecular flexibility index (Phi) is 3.86. The second kappa shape index (κ2) is 4.95. The van der Waals surface area contributed by atoms with Crippen LogP contribution >= 0.6 is 0 Å². The fourth-order valence-electron chi connectivity index (χ4n) is 2.16. The Morgan fingerprint density at radius 3 is 2.33 bits per heavy atom. The lowest BCUT2D eigenvalue weighted by Gasteiger charge is -2.32. The predicted octanol–water partition coefficient (Wildman–Crippen LogP) is 2.90. The van der Waals surface area contributed by atoms with E-state index in [0.717, 1.165) is 19.4 Å². The van der Waals surface area contributed by atoms with Crippen LogP contribution in [0.4, 0.5) is 4.39 Å². The van der Waals surface area contributed by atoms with Gasteiger partial charge in [0.25, 0.3) is 0 Å². The second-order valence-electron chi connectivity index (χ2n) is 6.12. The summed E-state index contributed by atoms with van der Waals surface area (Å²) in [5, 5.41) is 0. The van der Waals surface area contributed by atoms with Gasteiger partial charge in [-0.3, -0.25) is 0 Å². The minimum atomic E-state index is -0.878. The average molecular weight is 256 g/mol. The Morgan fingerprint density at radius 2 is 1.83 bits per heavy atom. The van der Waals surface area contributed by atoms with E-state index < -0.39 is 18.3 Å². The van der Waals surface area contributed by atoms with E-state index >= 15 is 0 Å². The van der Waals surface area contributed by atoms with Crippen LogP contribution in [0.25, 0.3) is 0 Å². The van der Waals surface area contributed by atoms with E-state index in [1.54, 1.807) is 6.08 Å². The molecule has 0 aromatic rings. The van der Waals surface area contributed by atoms with Crippen molar-refractivity contribution >= 4 is 7.12 Å². The Balaban J connectivity index is 2.02. The molecule has 18 heavy (non-hydrogen) atoms. The minimum absolute atomic E-state index is 0.137. The van der Waals surface area contributed by atoms with E-state index in [9.17, 15) is 4.39 Å². The second-order valence-corrected chi connectivity index (χ2v) is 6.12. The maximum atomic E-state index is 14.1. The molecule has 2 aliphatic heterocycles. The minimum Gasteiger partial charge on any atom is -0.398 e. The first-order valence-corrected chi connectivity index (χ1v) is 6.62. The summed E-state index contributed by atoms with van der Waals surface area (Å²) >= 11 is 0. The Morgan fingerprint density at radius 1 is 1.22 bits per heavy atom. The highest BCUT2D eigenvalue weighted by molar-refractivity contribution is 6.53. The van der Waals surface area contributed by atoms with Gasteiger partial charge in [-0.1, -0.05) is 6.08 Å². The van der Waals surface area contributed by atoms with Crippen LogP contribution in [-0.2, 0) is 14.0 Å². The summed E-state index contributed by atoms with van der Waals surface area (Å²) in [7, 11) is -0.878. The lowest BCUT2D eigenvalue weighted by atomic mass is 9.85. The summed E-state index contributed by atoms with van der Waals surface area (Å²) in [4.78, 5) is 0. The van der Waals surface area contributed by atoms with Crippen LogP contribution in [0.2, 0.25) is 0 Å². The number of hydrogen-bond acceptors (Lipinski definition) is 3. The highest BCUT2D eigenvalue weighted by Crippen LogP contribution is 2.39. The summed E-state index contributed by atoms with van der Waals surface area (Å²) in [6, 6.07) is 0. The van der Waals surface area contributed by atoms with E-state index in [0.29, 0.717) is 6.61 Å². The van der Waals surface area contributed by atoms with Crippen molar-refractivity contribution in [1.82, 2.24) is 0 Å². The molecule has 2 rings (SSSR count). The molecule has 0 aliphatic carbocycles. The van der Waals surface area contributed by atoms with Crippen molar-refractivity contribution in [3.8, 4) is 0 Å². The lowest BCUT2D eigenvalue weighted by molar-refractivity contribution is 0.00578. The van der Waals surface area contributed by atoms with E-state index in [-0.39, 0.29) is 11.6 Å². The third-order valence-electron chi connectivity index (χ3n) is 4.07. The monoisotopic (exact) mass is 256 g/mol. The van der Waals surface area contributed by atoms with Gasteiger partial charge in [0.05, 0.1) is 17.8 Å². The van der Waals surface area contributed by atoms with Crippen LogP contribution in [-0.4, -0.2) is 31.5 Å². The zero-order valence-electron chi connectivity index (χ0n) is 11.7. The highest BCUT2D eigenvalue weighted by atomic mass is 19.1. The van der Waals surface area contributed by atoms with Gasteiger partial charge in [-0.05, 0) is 40.5 Å². The molecule has 3 nitrogen and oxygen atoms in total. The largest absolute Gasteiger partial charge is 0.524 e. The van der Waals surface area contributed by atoms with Gasteiger partial charge in [-0.15, -0.1) is 0 Å². The van der Waals surface area contributed by atoms with Gasteiger partial charge in [0.15, 0.2) is 0 Å². The van der Waals surface area contributed by atoms with Crippen molar-refractivity contribution in [2.75, 3.05) is 13.2 Å². The van der Waals surface area contributed by atoms with Crippen LogP contribution in [0, 0.1) is 5.92 Å². The van der Waals surface area contributed by atoms with Crippen molar-refractivity contribution in [3.05, 3.63) is 11.8 Å². The quantitative estimate of drug-likeness (QED) is 0.711. The first-order valence-electron chi connectivity index (χ1n) is 6.62. The molecule has 0 saturated carbocycles. The smallest absolute Gasteiger partial charge is 0.398 e. The molecule has 2 heterocycles. The van der Waals surface area contributed by atoms with Crippen molar-refractivity contribution in [1.29, 1.82) is 0 Å². The fourth-order valence-corrected chi connectivity index (χ4v) is 2.16. The molecule has 1 atom stereocenters. The Labute approximate surface area is 109 Å². The summed E-state index contributed by atoms with van der Waals surface area (Å²) in [5.74, 6) is 0.137. The van der Waals surface area contributed by atoms with Crippen molar-refractivity contribution in [2.45, 2.75) is 51.7 Å². The molecule has 102 valence electrons. The molecule has 0 radical (unpaired) electrons. The Bertz CT molecular complexity index is 319. The normalized spacial score (nSPS) is 31.7. The molecule has 2 fully saturated rings. The van der Waals surface area contributed by atoms with Gasteiger partial charge in [-0.2, -0.15) is 0 Å². The maximum Gasteiger partial charge on any atom is 0.524 e. The topological polar surface area (TPSA) is 27.7 Å². The van der Waals surface area contributed by atoms with Crippen LogP contribution in [0.5, 0.6) is 0 Å². The molecule has 5 heteroatoms. The van der Waals surface area contributed by atoms with E-state index in [2.05, 4.69) is 0 Å². The van der Waals surface area contributed by atoms with Crippen LogP contribution in [0.1, 0.15) is 40.5 Å². The van der Waals surface area contributed by atoms with Crippen LogP contribution < -0.4 is 0 Å². The molecular formula is C13H22BFO3. The standard InChI is InChI=1S/C13H22BFO3/c1-12(2)13(3,4)18-14(17-12)11(15)8-10-6-5-7-16-9-10/h8,10H,5-7,9H2,1-4H3. The molecule has 0 N–H and O–H groups in total. The summed E-state index contributed by atoms with van der Waals surface area (Å²) < 4.78 is 30.8. The zero-order valence-corrected chi connectivity index (χ0v) is 11.7. The first kappa shape index (κ1) is 14.0. The summed E-state index contributed by atoms with van der Waals surface area (Å²) in [6.07, 6.45) is 3.55. The Hall–Kier alpha value is -0.385. The van der Waals surface area contributed by atoms with Crippen molar-refractivity contribution in [2.24, 2.45) is 5.92 Å². The molecule has 0 bridgehead atoms. The predicted molar refractivity (Wildman–Crippen MR) is 68.8 cm³/mol. The molecule has 0 aromatic heterocycles. The van der Waals surface area contributed by atoms with E-state index in [1.165, 1.54) is 0 Å². The van der Waals surface area contributed by atoms with Crippen molar-refractivity contribution in [3.63, 3.8) is 0 Å². The average Bonchev–Trinajstić information content (AvgIpc) is 2.50. The molecule has 2 aliphatic rings. The maximum absolute atomic E-state index is 14.1. The highest BCUT2D eigenvalue weighted by Gasteiger charge is 2.53. The summed E-state index contributed by atoms with van der Waals surface area (Å²) in [5.41, 5.74) is -1.32. The molecule has 1 unspecified atom stereocenters. The number of rotatable bonds is 2. The van der Waals surface area contributed by atoms with Crippen molar-refractivity contribution < 1.29 is 18.4 Å². The first-order chi connectivity index (χ1) is 8.32. The van der Waals surface area contributed by atoms with Gasteiger partial charge in [0, 0.05) is 12.5 Å². The molecule has 0 aromatic carbocycles. The van der Waals surface area contributed by atoms with E-state index in [1.807, 2.05) is 27.7 Å². The summed E-state index contributed by atoms with van der Waals surface area (Å²) in [6.45, 7) is 9.05. The molecular weight excluding hydrogens is 234 g/mol. The van der Waals surface area contributed by atoms with Gasteiger partial charge >= 0.3 is 7.12 Å². The van der Waals surface area contributed by atoms with E-state index in [4.69, 9.17) is 14.0 Å². The molecule has 0 spiro atoms. The van der Waals surface area contributed by atoms with Crippen LogP contribution in [0.3, 0.4) is 0 Å². The van der Waals surface area contributed by atoms with Gasteiger partial charge < -0.3 is 14.0 Å². The van der Waals surface area contributed by atoms with Gasteiger partial charge in [-0.25, -0.2) is 4.39 Å². The molecule has 2 saturated heterocycles. The number of halogens is 1. The van der Waals surface area contributed by atoms with Crippen LogP contribution in [0.15, 0.2) is 11.8 Å². The lowest BCUT2D eigenvalue weighted by Crippen LogP contribution is -2.41. The van der Waals surface area contributed by atoms with Gasteiger partial charge in [0.2, 0.25) is 0 Å². The fraction of sp³-hybridized carbons (Fsp3) is 0.846. The third-order valence-corrected chi connectivity index (χ3v) is 4.07. The molecule has 0 amide bonds. The zero-order chi connectivity index (χ0) is 13.4. The number of hydrogen-bond donors (Lipinski definition) is 0. The SMILES string of the molecule is CC1(C)OB(C(F)=CC2CCCOC2)OC1(C)C. The third kappa shape index (κ3) is 2.78. The van der Waals surface area contributed by atoms with Gasteiger partial charge in [0.1, 0.15) is 5.73 Å². The number of ether oxygens (including phenoxy) is 1.